The highest BCUT2D eigenvalue weighted by Crippen LogP contribution is 2.27. The third-order valence-electron chi connectivity index (χ3n) is 1.84. The molecule has 5 heteroatoms. The molecule has 72 valence electrons. The third kappa shape index (κ3) is 1.64. The average molecular weight is 192 g/mol. The zero-order chi connectivity index (χ0) is 10.7. The van der Waals surface area contributed by atoms with Crippen molar-refractivity contribution >= 4 is 5.69 Å². The van der Waals surface area contributed by atoms with Gasteiger partial charge in [-0.05, 0) is 13.0 Å². The second kappa shape index (κ2) is 3.75. The molecule has 14 heavy (non-hydrogen) atoms. The van der Waals surface area contributed by atoms with Gasteiger partial charge in [0.15, 0.2) is 0 Å². The van der Waals surface area contributed by atoms with Gasteiger partial charge in [0, 0.05) is 11.6 Å². The molecular weight excluding hydrogens is 184 g/mol. The first-order chi connectivity index (χ1) is 6.60. The van der Waals surface area contributed by atoms with Crippen molar-refractivity contribution in [3.63, 3.8) is 0 Å². The van der Waals surface area contributed by atoms with Gasteiger partial charge in [0.25, 0.3) is 5.69 Å². The van der Waals surface area contributed by atoms with E-state index in [1.807, 2.05) is 6.07 Å². The lowest BCUT2D eigenvalue weighted by Gasteiger charge is -2.03. The highest BCUT2D eigenvalue weighted by molar-refractivity contribution is 5.54. The van der Waals surface area contributed by atoms with Gasteiger partial charge in [0.2, 0.25) is 0 Å². The Morgan fingerprint density at radius 3 is 2.64 bits per heavy atom. The summed E-state index contributed by atoms with van der Waals surface area (Å²) in [5.74, 6) is 0.357. The highest BCUT2D eigenvalue weighted by atomic mass is 16.6. The van der Waals surface area contributed by atoms with E-state index in [0.29, 0.717) is 11.3 Å². The Bertz CT molecular complexity index is 421. The van der Waals surface area contributed by atoms with Crippen LogP contribution in [0.3, 0.4) is 0 Å². The van der Waals surface area contributed by atoms with Gasteiger partial charge >= 0.3 is 0 Å². The van der Waals surface area contributed by atoms with Gasteiger partial charge in [-0.1, -0.05) is 0 Å². The molecule has 0 fully saturated rings. The van der Waals surface area contributed by atoms with E-state index in [-0.39, 0.29) is 11.3 Å². The number of hydrogen-bond acceptors (Lipinski definition) is 4. The van der Waals surface area contributed by atoms with Crippen LogP contribution < -0.4 is 4.74 Å². The Morgan fingerprint density at radius 1 is 1.57 bits per heavy atom. The maximum atomic E-state index is 10.5. The van der Waals surface area contributed by atoms with Crippen molar-refractivity contribution in [2.24, 2.45) is 0 Å². The fourth-order valence-corrected chi connectivity index (χ4v) is 1.12. The molecular formula is C9H8N2O3. The minimum atomic E-state index is -0.518. The van der Waals surface area contributed by atoms with E-state index in [9.17, 15) is 10.1 Å². The van der Waals surface area contributed by atoms with Gasteiger partial charge in [-0.2, -0.15) is 5.26 Å². The monoisotopic (exact) mass is 192 g/mol. The van der Waals surface area contributed by atoms with E-state index >= 15 is 0 Å². The summed E-state index contributed by atoms with van der Waals surface area (Å²) < 4.78 is 4.91. The molecule has 0 aliphatic carbocycles. The van der Waals surface area contributed by atoms with Crippen LogP contribution in [0.25, 0.3) is 0 Å². The van der Waals surface area contributed by atoms with Crippen LogP contribution in [0.2, 0.25) is 0 Å². The van der Waals surface area contributed by atoms with E-state index < -0.39 is 4.92 Å². The van der Waals surface area contributed by atoms with E-state index in [4.69, 9.17) is 10.00 Å². The summed E-state index contributed by atoms with van der Waals surface area (Å²) in [5, 5.41) is 19.2. The Hall–Kier alpha value is -2.09. The minimum Gasteiger partial charge on any atom is -0.495 e. The summed E-state index contributed by atoms with van der Waals surface area (Å²) in [6.45, 7) is 1.60. The van der Waals surface area contributed by atoms with Crippen LogP contribution in [0, 0.1) is 28.4 Å². The summed E-state index contributed by atoms with van der Waals surface area (Å²) in [6, 6.07) is 4.54. The molecule has 1 aromatic carbocycles. The van der Waals surface area contributed by atoms with Crippen molar-refractivity contribution in [1.29, 1.82) is 5.26 Å². The van der Waals surface area contributed by atoms with Crippen LogP contribution in [-0.2, 0) is 0 Å². The number of ether oxygens (including phenoxy) is 1. The van der Waals surface area contributed by atoms with E-state index in [1.54, 1.807) is 6.92 Å². The normalized spacial score (nSPS) is 9.21. The molecule has 0 saturated heterocycles. The standard InChI is InChI=1S/C9H8N2O3/c1-6-3-9(14-2)7(5-10)4-8(6)11(12)13/h3-4H,1-2H3. The lowest BCUT2D eigenvalue weighted by molar-refractivity contribution is -0.385. The Kier molecular flexibility index (Phi) is 2.67. The number of nitro benzene ring substituents is 1. The number of benzene rings is 1. The quantitative estimate of drug-likeness (QED) is 0.528. The number of aryl methyl sites for hydroxylation is 1. The molecule has 0 aliphatic heterocycles. The smallest absolute Gasteiger partial charge is 0.273 e. The molecule has 0 radical (unpaired) electrons. The molecule has 0 amide bonds. The Labute approximate surface area is 80.7 Å². The summed E-state index contributed by atoms with van der Waals surface area (Å²) >= 11 is 0. The van der Waals surface area contributed by atoms with Crippen molar-refractivity contribution in [1.82, 2.24) is 0 Å². The summed E-state index contributed by atoms with van der Waals surface area (Å²) in [6.07, 6.45) is 0. The van der Waals surface area contributed by atoms with Gasteiger partial charge in [0.05, 0.1) is 12.0 Å². The predicted molar refractivity (Wildman–Crippen MR) is 49.1 cm³/mol. The molecule has 0 aromatic heterocycles. The average Bonchev–Trinajstić information content (AvgIpc) is 2.16. The Morgan fingerprint density at radius 2 is 2.21 bits per heavy atom. The summed E-state index contributed by atoms with van der Waals surface area (Å²) in [5.41, 5.74) is 0.581. The first-order valence-corrected chi connectivity index (χ1v) is 3.83. The number of methoxy groups -OCH3 is 1. The molecule has 0 bridgehead atoms. The third-order valence-corrected chi connectivity index (χ3v) is 1.84. The van der Waals surface area contributed by atoms with Crippen molar-refractivity contribution in [2.45, 2.75) is 6.92 Å². The summed E-state index contributed by atoms with van der Waals surface area (Å²) in [7, 11) is 1.42. The predicted octanol–water partition coefficient (Wildman–Crippen LogP) is 1.78. The van der Waals surface area contributed by atoms with E-state index in [2.05, 4.69) is 0 Å². The molecule has 5 nitrogen and oxygen atoms in total. The van der Waals surface area contributed by atoms with E-state index in [1.165, 1.54) is 19.2 Å². The van der Waals surface area contributed by atoms with Gasteiger partial charge in [-0.25, -0.2) is 0 Å². The first-order valence-electron chi connectivity index (χ1n) is 3.83. The molecule has 1 rings (SSSR count). The van der Waals surface area contributed by atoms with Gasteiger partial charge in [-0.3, -0.25) is 10.1 Å². The maximum Gasteiger partial charge on any atom is 0.273 e. The molecule has 0 spiro atoms. The molecule has 0 N–H and O–H groups in total. The zero-order valence-electron chi connectivity index (χ0n) is 7.77. The molecule has 0 saturated carbocycles. The SMILES string of the molecule is COc1cc(C)c([N+](=O)[O-])cc1C#N. The fraction of sp³-hybridized carbons (Fsp3) is 0.222. The molecule has 0 heterocycles. The van der Waals surface area contributed by atoms with Crippen LogP contribution in [0.1, 0.15) is 11.1 Å². The zero-order valence-corrected chi connectivity index (χ0v) is 7.77. The fourth-order valence-electron chi connectivity index (χ4n) is 1.12. The van der Waals surface area contributed by atoms with Gasteiger partial charge < -0.3 is 4.74 Å². The van der Waals surface area contributed by atoms with E-state index in [0.717, 1.165) is 0 Å². The number of nitrogens with zero attached hydrogens (tertiary/aromatic N) is 2. The maximum absolute atomic E-state index is 10.5. The lowest BCUT2D eigenvalue weighted by Crippen LogP contribution is -1.95. The summed E-state index contributed by atoms with van der Waals surface area (Å²) in [4.78, 5) is 10.0. The number of nitro groups is 1. The highest BCUT2D eigenvalue weighted by Gasteiger charge is 2.15. The van der Waals surface area contributed by atoms with Crippen molar-refractivity contribution < 1.29 is 9.66 Å². The van der Waals surface area contributed by atoms with Crippen LogP contribution in [-0.4, -0.2) is 12.0 Å². The Balaban J connectivity index is 3.40. The van der Waals surface area contributed by atoms with Gasteiger partial charge in [-0.15, -0.1) is 0 Å². The first kappa shape index (κ1) is 9.99. The second-order valence-electron chi connectivity index (χ2n) is 2.71. The number of hydrogen-bond donors (Lipinski definition) is 0. The second-order valence-corrected chi connectivity index (χ2v) is 2.71. The minimum absolute atomic E-state index is 0.0673. The number of rotatable bonds is 2. The van der Waals surface area contributed by atoms with Crippen LogP contribution in [0.15, 0.2) is 12.1 Å². The van der Waals surface area contributed by atoms with Crippen LogP contribution in [0.5, 0.6) is 5.75 Å². The molecule has 0 atom stereocenters. The van der Waals surface area contributed by atoms with Gasteiger partial charge in [0.1, 0.15) is 17.4 Å². The lowest BCUT2D eigenvalue weighted by atomic mass is 10.1. The molecule has 0 aliphatic rings. The molecule has 1 aromatic rings. The van der Waals surface area contributed by atoms with Crippen LogP contribution >= 0.6 is 0 Å². The number of nitriles is 1. The van der Waals surface area contributed by atoms with Crippen molar-refractivity contribution in [3.8, 4) is 11.8 Å². The van der Waals surface area contributed by atoms with Crippen molar-refractivity contribution in [3.05, 3.63) is 33.4 Å². The molecule has 0 unspecified atom stereocenters. The van der Waals surface area contributed by atoms with Crippen molar-refractivity contribution in [2.75, 3.05) is 7.11 Å². The topological polar surface area (TPSA) is 76.2 Å². The largest absolute Gasteiger partial charge is 0.495 e. The van der Waals surface area contributed by atoms with Crippen LogP contribution in [0.4, 0.5) is 5.69 Å².